The van der Waals surface area contributed by atoms with Crippen molar-refractivity contribution >= 4 is 54.0 Å². The largest absolute Gasteiger partial charge is 0.378 e. The lowest BCUT2D eigenvalue weighted by Crippen LogP contribution is -2.37. The Morgan fingerprint density at radius 2 is 2.14 bits per heavy atom. The van der Waals surface area contributed by atoms with E-state index < -0.39 is 0 Å². The molecule has 2 aliphatic rings. The maximum Gasteiger partial charge on any atom is 0.242 e. The second-order valence-corrected chi connectivity index (χ2v) is 5.80. The summed E-state index contributed by atoms with van der Waals surface area (Å²) in [7, 11) is 0. The Bertz CT molecular complexity index is 466. The zero-order chi connectivity index (χ0) is 13.8. The zero-order valence-electron chi connectivity index (χ0n) is 12.0. The molecular formula is C13H20Cl2N4O2S. The van der Waals surface area contributed by atoms with E-state index >= 15 is 0 Å². The van der Waals surface area contributed by atoms with Crippen LogP contribution in [0.15, 0.2) is 18.3 Å². The smallest absolute Gasteiger partial charge is 0.242 e. The number of morpholine rings is 1. The number of nitrogens with zero attached hydrogens (tertiary/aromatic N) is 2. The average molecular weight is 367 g/mol. The highest BCUT2D eigenvalue weighted by Gasteiger charge is 2.22. The Morgan fingerprint density at radius 1 is 1.36 bits per heavy atom. The van der Waals surface area contributed by atoms with E-state index in [1.54, 1.807) is 18.0 Å². The molecule has 1 aromatic rings. The van der Waals surface area contributed by atoms with Crippen LogP contribution in [0.4, 0.5) is 11.5 Å². The number of thioether (sulfide) groups is 1. The third-order valence-corrected chi connectivity index (χ3v) is 4.32. The van der Waals surface area contributed by atoms with Gasteiger partial charge in [-0.05, 0) is 12.1 Å². The minimum absolute atomic E-state index is 0. The second kappa shape index (κ2) is 9.42. The summed E-state index contributed by atoms with van der Waals surface area (Å²) >= 11 is 1.74. The first-order valence-corrected chi connectivity index (χ1v) is 7.89. The molecular weight excluding hydrogens is 347 g/mol. The molecule has 1 unspecified atom stereocenters. The molecule has 3 rings (SSSR count). The number of pyridine rings is 1. The van der Waals surface area contributed by atoms with Crippen molar-refractivity contribution in [2.45, 2.75) is 6.04 Å². The fourth-order valence-corrected chi connectivity index (χ4v) is 3.17. The molecule has 1 aromatic heterocycles. The summed E-state index contributed by atoms with van der Waals surface area (Å²) in [4.78, 5) is 18.6. The number of amides is 1. The highest BCUT2D eigenvalue weighted by molar-refractivity contribution is 7.99. The quantitative estimate of drug-likeness (QED) is 0.841. The van der Waals surface area contributed by atoms with Gasteiger partial charge in [-0.25, -0.2) is 4.98 Å². The van der Waals surface area contributed by atoms with Crippen LogP contribution < -0.4 is 15.5 Å². The van der Waals surface area contributed by atoms with E-state index in [1.807, 2.05) is 12.1 Å². The summed E-state index contributed by atoms with van der Waals surface area (Å²) in [6.07, 6.45) is 1.71. The normalized spacial score (nSPS) is 20.7. The lowest BCUT2D eigenvalue weighted by Gasteiger charge is -2.27. The van der Waals surface area contributed by atoms with Crippen LogP contribution in [0.3, 0.4) is 0 Å². The molecule has 0 spiro atoms. The first-order chi connectivity index (χ1) is 9.83. The maximum atomic E-state index is 12.0. The van der Waals surface area contributed by atoms with E-state index in [-0.39, 0.29) is 36.8 Å². The van der Waals surface area contributed by atoms with Crippen molar-refractivity contribution in [3.05, 3.63) is 18.3 Å². The van der Waals surface area contributed by atoms with Crippen LogP contribution in [-0.4, -0.2) is 54.9 Å². The maximum absolute atomic E-state index is 12.0. The number of carbonyl (C=O) groups is 1. The molecule has 1 amide bonds. The highest BCUT2D eigenvalue weighted by Crippen LogP contribution is 2.16. The van der Waals surface area contributed by atoms with E-state index in [0.717, 1.165) is 49.4 Å². The second-order valence-electron chi connectivity index (χ2n) is 4.77. The number of rotatable bonds is 3. The number of carbonyl (C=O) groups excluding carboxylic acids is 1. The van der Waals surface area contributed by atoms with Crippen molar-refractivity contribution in [2.75, 3.05) is 48.1 Å². The lowest BCUT2D eigenvalue weighted by atomic mass is 10.3. The van der Waals surface area contributed by atoms with Crippen molar-refractivity contribution < 1.29 is 9.53 Å². The molecule has 22 heavy (non-hydrogen) atoms. The zero-order valence-corrected chi connectivity index (χ0v) is 14.4. The van der Waals surface area contributed by atoms with Gasteiger partial charge in [-0.1, -0.05) is 0 Å². The van der Waals surface area contributed by atoms with Gasteiger partial charge in [-0.15, -0.1) is 36.6 Å². The fraction of sp³-hybridized carbons (Fsp3) is 0.538. The topological polar surface area (TPSA) is 66.5 Å². The number of anilines is 2. The Labute approximate surface area is 146 Å². The lowest BCUT2D eigenvalue weighted by molar-refractivity contribution is -0.117. The molecule has 0 saturated carbocycles. The van der Waals surface area contributed by atoms with Crippen LogP contribution in [0, 0.1) is 0 Å². The van der Waals surface area contributed by atoms with Gasteiger partial charge in [0, 0.05) is 24.7 Å². The van der Waals surface area contributed by atoms with E-state index in [9.17, 15) is 4.79 Å². The van der Waals surface area contributed by atoms with Crippen LogP contribution in [0.2, 0.25) is 0 Å². The van der Waals surface area contributed by atoms with Crippen molar-refractivity contribution in [3.8, 4) is 0 Å². The van der Waals surface area contributed by atoms with Crippen molar-refractivity contribution in [2.24, 2.45) is 0 Å². The van der Waals surface area contributed by atoms with Gasteiger partial charge >= 0.3 is 0 Å². The summed E-state index contributed by atoms with van der Waals surface area (Å²) < 4.78 is 5.32. The molecule has 124 valence electrons. The summed E-state index contributed by atoms with van der Waals surface area (Å²) in [6, 6.07) is 3.74. The van der Waals surface area contributed by atoms with Gasteiger partial charge in [-0.2, -0.15) is 0 Å². The Balaban J connectivity index is 0.00000121. The number of nitrogens with one attached hydrogen (secondary N) is 2. The number of hydrogen-bond acceptors (Lipinski definition) is 6. The average Bonchev–Trinajstić information content (AvgIpc) is 3.03. The first kappa shape index (κ1) is 19.3. The van der Waals surface area contributed by atoms with Gasteiger partial charge in [-0.3, -0.25) is 10.1 Å². The SMILES string of the molecule is Cl.Cl.O=C(Nc1ccc(N2CCOCC2)nc1)C1CSCN1. The van der Waals surface area contributed by atoms with Crippen molar-refractivity contribution in [1.29, 1.82) is 0 Å². The van der Waals surface area contributed by atoms with Gasteiger partial charge in [0.25, 0.3) is 0 Å². The molecule has 2 aliphatic heterocycles. The molecule has 0 aliphatic carbocycles. The third-order valence-electron chi connectivity index (χ3n) is 3.38. The molecule has 9 heteroatoms. The summed E-state index contributed by atoms with van der Waals surface area (Å²) in [5.74, 6) is 2.61. The molecule has 6 nitrogen and oxygen atoms in total. The number of hydrogen-bond donors (Lipinski definition) is 2. The fourth-order valence-electron chi connectivity index (χ4n) is 2.23. The highest BCUT2D eigenvalue weighted by atomic mass is 35.5. The molecule has 3 heterocycles. The molecule has 0 radical (unpaired) electrons. The number of aromatic nitrogens is 1. The van der Waals surface area contributed by atoms with Crippen LogP contribution >= 0.6 is 36.6 Å². The van der Waals surface area contributed by atoms with Crippen LogP contribution in [0.5, 0.6) is 0 Å². The Morgan fingerprint density at radius 3 is 2.73 bits per heavy atom. The van der Waals surface area contributed by atoms with Gasteiger partial charge in [0.2, 0.25) is 5.91 Å². The van der Waals surface area contributed by atoms with Gasteiger partial charge in [0.05, 0.1) is 31.1 Å². The van der Waals surface area contributed by atoms with Gasteiger partial charge < -0.3 is 15.0 Å². The first-order valence-electron chi connectivity index (χ1n) is 6.74. The minimum Gasteiger partial charge on any atom is -0.378 e. The molecule has 0 aromatic carbocycles. The molecule has 0 bridgehead atoms. The molecule has 2 N–H and O–H groups in total. The molecule has 2 fully saturated rings. The number of ether oxygens (including phenoxy) is 1. The third kappa shape index (κ3) is 4.89. The van der Waals surface area contributed by atoms with Crippen molar-refractivity contribution in [1.82, 2.24) is 10.3 Å². The standard InChI is InChI=1S/C13H18N4O2S.2ClH/c18-13(11-8-20-9-15-11)16-10-1-2-12(14-7-10)17-3-5-19-6-4-17;;/h1-2,7,11,15H,3-6,8-9H2,(H,16,18);2*1H. The van der Waals surface area contributed by atoms with Crippen molar-refractivity contribution in [3.63, 3.8) is 0 Å². The number of halogens is 2. The van der Waals surface area contributed by atoms with E-state index in [2.05, 4.69) is 20.5 Å². The Kier molecular flexibility index (Phi) is 8.27. The summed E-state index contributed by atoms with van der Waals surface area (Å²) in [6.45, 7) is 3.21. The van der Waals surface area contributed by atoms with Gasteiger partial charge in [0.1, 0.15) is 5.82 Å². The predicted molar refractivity (Wildman–Crippen MR) is 94.6 cm³/mol. The molecule has 2 saturated heterocycles. The van der Waals surface area contributed by atoms with Gasteiger partial charge in [0.15, 0.2) is 0 Å². The minimum atomic E-state index is -0.0982. The van der Waals surface area contributed by atoms with Crippen LogP contribution in [-0.2, 0) is 9.53 Å². The summed E-state index contributed by atoms with van der Waals surface area (Å²) in [5.41, 5.74) is 0.741. The van der Waals surface area contributed by atoms with E-state index in [4.69, 9.17) is 4.74 Å². The molecule has 1 atom stereocenters. The van der Waals surface area contributed by atoms with E-state index in [0.29, 0.717) is 0 Å². The Hall–Kier alpha value is -0.730. The van der Waals surface area contributed by atoms with Crippen LogP contribution in [0.1, 0.15) is 0 Å². The predicted octanol–water partition coefficient (Wildman–Crippen LogP) is 1.36. The van der Waals surface area contributed by atoms with Crippen LogP contribution in [0.25, 0.3) is 0 Å². The summed E-state index contributed by atoms with van der Waals surface area (Å²) in [5, 5.41) is 6.04. The van der Waals surface area contributed by atoms with E-state index in [1.165, 1.54) is 0 Å². The monoisotopic (exact) mass is 366 g/mol.